The molecule has 1 amide bonds. The van der Waals surface area contributed by atoms with Crippen molar-refractivity contribution in [2.75, 3.05) is 12.4 Å². The molecule has 7 heteroatoms. The molecule has 2 aromatic carbocycles. The van der Waals surface area contributed by atoms with Gasteiger partial charge in [-0.1, -0.05) is 46.3 Å². The van der Waals surface area contributed by atoms with E-state index in [1.54, 1.807) is 31.6 Å². The lowest BCUT2D eigenvalue weighted by Gasteiger charge is -2.37. The molecule has 0 saturated carbocycles. The molecule has 0 saturated heterocycles. The van der Waals surface area contributed by atoms with Crippen molar-refractivity contribution >= 4 is 33.3 Å². The number of carbonyl (C=O) groups is 2. The second-order valence-corrected chi connectivity index (χ2v) is 9.86. The first-order valence-corrected chi connectivity index (χ1v) is 12.6. The number of nitrogens with zero attached hydrogens (tertiary/aromatic N) is 1. The molecule has 36 heavy (non-hydrogen) atoms. The highest BCUT2D eigenvalue weighted by molar-refractivity contribution is 9.10. The Morgan fingerprint density at radius 2 is 1.86 bits per heavy atom. The monoisotopic (exact) mass is 543 g/mol. The molecular formula is C29H26BrN3O3. The molecule has 2 unspecified atom stereocenters. The van der Waals surface area contributed by atoms with Crippen LogP contribution < -0.4 is 15.4 Å². The summed E-state index contributed by atoms with van der Waals surface area (Å²) in [6.45, 7) is 1.90. The molecule has 3 aromatic rings. The van der Waals surface area contributed by atoms with Crippen LogP contribution in [0.5, 0.6) is 5.75 Å². The van der Waals surface area contributed by atoms with Gasteiger partial charge in [-0.15, -0.1) is 0 Å². The van der Waals surface area contributed by atoms with Gasteiger partial charge in [0, 0.05) is 45.5 Å². The van der Waals surface area contributed by atoms with Crippen LogP contribution in [0.25, 0.3) is 0 Å². The highest BCUT2D eigenvalue weighted by atomic mass is 79.9. The summed E-state index contributed by atoms with van der Waals surface area (Å²) in [7, 11) is 1.64. The molecule has 182 valence electrons. The van der Waals surface area contributed by atoms with Crippen molar-refractivity contribution < 1.29 is 14.3 Å². The van der Waals surface area contributed by atoms with Crippen LogP contribution in [0.4, 0.5) is 5.69 Å². The zero-order chi connectivity index (χ0) is 25.2. The van der Waals surface area contributed by atoms with Crippen LogP contribution in [-0.2, 0) is 9.59 Å². The van der Waals surface area contributed by atoms with E-state index in [4.69, 9.17) is 4.74 Å². The number of Topliss-reactive ketones (excluding diaryl/α,β-unsaturated/α-hetero) is 1. The molecule has 5 rings (SSSR count). The van der Waals surface area contributed by atoms with Gasteiger partial charge in [0.15, 0.2) is 5.78 Å². The first-order valence-electron chi connectivity index (χ1n) is 11.8. The highest BCUT2D eigenvalue weighted by Gasteiger charge is 2.41. The summed E-state index contributed by atoms with van der Waals surface area (Å²) < 4.78 is 6.14. The number of methoxy groups -OCH3 is 1. The van der Waals surface area contributed by atoms with Crippen LogP contribution in [0.1, 0.15) is 42.7 Å². The summed E-state index contributed by atoms with van der Waals surface area (Å²) in [6, 6.07) is 19.2. The van der Waals surface area contributed by atoms with Crippen LogP contribution in [0.2, 0.25) is 0 Å². The molecule has 1 aromatic heterocycles. The second-order valence-electron chi connectivity index (χ2n) is 9.01. The molecule has 0 fully saturated rings. The zero-order valence-corrected chi connectivity index (χ0v) is 21.6. The van der Waals surface area contributed by atoms with Gasteiger partial charge in [-0.2, -0.15) is 0 Å². The molecular weight excluding hydrogens is 518 g/mol. The van der Waals surface area contributed by atoms with Gasteiger partial charge in [0.05, 0.1) is 19.0 Å². The number of anilines is 1. The topological polar surface area (TPSA) is 80.3 Å². The van der Waals surface area contributed by atoms with Crippen molar-refractivity contribution in [1.29, 1.82) is 0 Å². The molecule has 2 atom stereocenters. The van der Waals surface area contributed by atoms with Crippen LogP contribution in [0.3, 0.4) is 0 Å². The number of dihydropyridines is 1. The molecule has 0 bridgehead atoms. The molecule has 1 aliphatic carbocycles. The Labute approximate surface area is 218 Å². The number of ketones is 1. The Morgan fingerprint density at radius 3 is 2.56 bits per heavy atom. The van der Waals surface area contributed by atoms with E-state index >= 15 is 0 Å². The van der Waals surface area contributed by atoms with Gasteiger partial charge in [0.1, 0.15) is 5.75 Å². The van der Waals surface area contributed by atoms with Crippen LogP contribution in [-0.4, -0.2) is 23.8 Å². The van der Waals surface area contributed by atoms with Gasteiger partial charge in [0.25, 0.3) is 5.91 Å². The zero-order valence-electron chi connectivity index (χ0n) is 20.0. The maximum Gasteiger partial charge on any atom is 0.254 e. The Bertz CT molecular complexity index is 1380. The fourth-order valence-electron chi connectivity index (χ4n) is 5.11. The fraction of sp³-hybridized carbons (Fsp3) is 0.207. The van der Waals surface area contributed by atoms with Crippen molar-refractivity contribution in [3.63, 3.8) is 0 Å². The number of hydrogen-bond donors (Lipinski definition) is 2. The summed E-state index contributed by atoms with van der Waals surface area (Å²) >= 11 is 3.66. The Kier molecular flexibility index (Phi) is 6.74. The van der Waals surface area contributed by atoms with Gasteiger partial charge in [-0.25, -0.2) is 0 Å². The quantitative estimate of drug-likeness (QED) is 0.421. The van der Waals surface area contributed by atoms with E-state index in [1.165, 1.54) is 0 Å². The average Bonchev–Trinajstić information content (AvgIpc) is 2.88. The first kappa shape index (κ1) is 24.0. The third-order valence-corrected chi connectivity index (χ3v) is 7.52. The lowest BCUT2D eigenvalue weighted by molar-refractivity contribution is -0.116. The predicted octanol–water partition coefficient (Wildman–Crippen LogP) is 5.85. The molecule has 2 aliphatic rings. The van der Waals surface area contributed by atoms with Crippen LogP contribution in [0.15, 0.2) is 100 Å². The molecule has 2 N–H and O–H groups in total. The van der Waals surface area contributed by atoms with Crippen molar-refractivity contribution in [2.45, 2.75) is 31.6 Å². The summed E-state index contributed by atoms with van der Waals surface area (Å²) in [4.78, 5) is 31.5. The van der Waals surface area contributed by atoms with Crippen LogP contribution in [0, 0.1) is 0 Å². The number of rotatable bonds is 5. The van der Waals surface area contributed by atoms with E-state index in [0.717, 1.165) is 32.7 Å². The van der Waals surface area contributed by atoms with Gasteiger partial charge >= 0.3 is 0 Å². The van der Waals surface area contributed by atoms with Gasteiger partial charge in [-0.3, -0.25) is 14.6 Å². The van der Waals surface area contributed by atoms with Gasteiger partial charge < -0.3 is 15.4 Å². The summed E-state index contributed by atoms with van der Waals surface area (Å²) in [6.07, 6.45) is 4.32. The minimum absolute atomic E-state index is 0.0458. The molecule has 0 radical (unpaired) electrons. The van der Waals surface area contributed by atoms with E-state index < -0.39 is 5.92 Å². The lowest BCUT2D eigenvalue weighted by atomic mass is 9.71. The number of pyridine rings is 1. The lowest BCUT2D eigenvalue weighted by Crippen LogP contribution is -2.37. The average molecular weight is 544 g/mol. The number of benzene rings is 2. The number of carbonyl (C=O) groups excluding carboxylic acids is 2. The first-order chi connectivity index (χ1) is 17.5. The predicted molar refractivity (Wildman–Crippen MR) is 143 cm³/mol. The smallest absolute Gasteiger partial charge is 0.254 e. The number of hydrogen-bond acceptors (Lipinski definition) is 5. The van der Waals surface area contributed by atoms with E-state index in [2.05, 4.69) is 31.5 Å². The number of nitrogens with one attached hydrogen (secondary N) is 2. The molecule has 2 heterocycles. The van der Waals surface area contributed by atoms with Crippen molar-refractivity contribution in [3.8, 4) is 5.75 Å². The van der Waals surface area contributed by atoms with E-state index in [-0.39, 0.29) is 17.6 Å². The number of amides is 1. The van der Waals surface area contributed by atoms with Gasteiger partial charge in [0.2, 0.25) is 0 Å². The minimum Gasteiger partial charge on any atom is -0.497 e. The number of allylic oxidation sites excluding steroid dienone is 3. The standard InChI is InChI=1S/C29H26BrN3O3/c1-17-26(29(35)33-20-6-5-13-31-16-20)27(22-7-3-4-8-23(22)30)28-24(32-17)14-19(15-25(28)34)18-9-11-21(36-2)12-10-18/h3-13,16,19,27,32H,14-15H2,1-2H3,(H,33,35). The molecule has 6 nitrogen and oxygen atoms in total. The minimum atomic E-state index is -0.488. The van der Waals surface area contributed by atoms with E-state index in [1.807, 2.05) is 55.5 Å². The molecule has 0 spiro atoms. The summed E-state index contributed by atoms with van der Waals surface area (Å²) in [5.74, 6) is 0.134. The Balaban J connectivity index is 1.55. The molecule has 1 aliphatic heterocycles. The second kappa shape index (κ2) is 10.1. The van der Waals surface area contributed by atoms with E-state index in [0.29, 0.717) is 29.7 Å². The maximum atomic E-state index is 13.8. The summed E-state index contributed by atoms with van der Waals surface area (Å²) in [5, 5.41) is 6.39. The number of aromatic nitrogens is 1. The highest BCUT2D eigenvalue weighted by Crippen LogP contribution is 2.47. The third-order valence-electron chi connectivity index (χ3n) is 6.80. The Hall–Kier alpha value is -3.71. The third kappa shape index (κ3) is 4.58. The SMILES string of the molecule is COc1ccc(C2CC(=O)C3=C(C2)NC(C)=C(C(=O)Nc2cccnc2)C3c2ccccc2Br)cc1. The van der Waals surface area contributed by atoms with Gasteiger partial charge in [-0.05, 0) is 60.7 Å². The van der Waals surface area contributed by atoms with Crippen LogP contribution >= 0.6 is 15.9 Å². The number of halogens is 1. The fourth-order valence-corrected chi connectivity index (χ4v) is 5.62. The van der Waals surface area contributed by atoms with Crippen molar-refractivity contribution in [1.82, 2.24) is 10.3 Å². The van der Waals surface area contributed by atoms with Crippen molar-refractivity contribution in [3.05, 3.63) is 111 Å². The van der Waals surface area contributed by atoms with Crippen molar-refractivity contribution in [2.24, 2.45) is 0 Å². The Morgan fingerprint density at radius 1 is 1.08 bits per heavy atom. The normalized spacial score (nSPS) is 19.5. The summed E-state index contributed by atoms with van der Waals surface area (Å²) in [5.41, 5.74) is 5.38. The number of ether oxygens (including phenoxy) is 1. The largest absolute Gasteiger partial charge is 0.497 e. The maximum absolute atomic E-state index is 13.8. The van der Waals surface area contributed by atoms with E-state index in [9.17, 15) is 9.59 Å².